The monoisotopic (exact) mass is 271 g/mol. The lowest BCUT2D eigenvalue weighted by molar-refractivity contribution is -0.386. The number of rotatable bonds is 4. The second kappa shape index (κ2) is 5.76. The van der Waals surface area contributed by atoms with Crippen molar-refractivity contribution in [3.05, 3.63) is 34.1 Å². The van der Waals surface area contributed by atoms with Crippen LogP contribution in [0.3, 0.4) is 0 Å². The highest BCUT2D eigenvalue weighted by molar-refractivity contribution is 5.95. The minimum Gasteiger partial charge on any atom is -0.474 e. The molecule has 0 aliphatic rings. The van der Waals surface area contributed by atoms with Gasteiger partial charge in [0, 0.05) is 12.1 Å². The minimum atomic E-state index is -1.26. The fourth-order valence-electron chi connectivity index (χ4n) is 1.20. The molecule has 0 aliphatic carbocycles. The highest BCUT2D eigenvalue weighted by Gasteiger charge is 2.22. The molecule has 1 atom stereocenters. The molecule has 0 aromatic heterocycles. The fraction of sp³-hybridized carbons (Fsp3) is 0.200. The van der Waals surface area contributed by atoms with Crippen LogP contribution in [0.4, 0.5) is 14.9 Å². The van der Waals surface area contributed by atoms with E-state index in [1.54, 1.807) is 5.32 Å². The first-order valence-corrected chi connectivity index (χ1v) is 5.02. The van der Waals surface area contributed by atoms with E-state index in [0.29, 0.717) is 0 Å². The summed E-state index contributed by atoms with van der Waals surface area (Å²) < 4.78 is 17.9. The van der Waals surface area contributed by atoms with E-state index in [1.807, 2.05) is 0 Å². The fourth-order valence-corrected chi connectivity index (χ4v) is 1.20. The highest BCUT2D eigenvalue weighted by atomic mass is 19.1. The van der Waals surface area contributed by atoms with Crippen molar-refractivity contribution in [1.82, 2.24) is 5.32 Å². The molecule has 19 heavy (non-hydrogen) atoms. The number of nitro benzene ring substituents is 1. The average molecular weight is 271 g/mol. The van der Waals surface area contributed by atoms with Crippen molar-refractivity contribution in [2.75, 3.05) is 0 Å². The predicted molar refractivity (Wildman–Crippen MR) is 60.9 cm³/mol. The molecule has 8 nitrogen and oxygen atoms in total. The molecule has 0 bridgehead atoms. The van der Waals surface area contributed by atoms with Crippen molar-refractivity contribution >= 4 is 17.6 Å². The molecule has 0 spiro atoms. The van der Waals surface area contributed by atoms with E-state index in [1.165, 1.54) is 6.92 Å². The summed E-state index contributed by atoms with van der Waals surface area (Å²) in [5, 5.41) is 12.4. The Kier molecular flexibility index (Phi) is 4.35. The maximum absolute atomic E-state index is 13.0. The number of urea groups is 1. The van der Waals surface area contributed by atoms with Gasteiger partial charge in [0.25, 0.3) is 5.91 Å². The van der Waals surface area contributed by atoms with Gasteiger partial charge in [-0.1, -0.05) is 0 Å². The van der Waals surface area contributed by atoms with Crippen molar-refractivity contribution in [2.24, 2.45) is 5.73 Å². The molecule has 0 heterocycles. The number of nitro groups is 1. The largest absolute Gasteiger partial charge is 0.474 e. The topological polar surface area (TPSA) is 125 Å². The first kappa shape index (κ1) is 14.4. The maximum Gasteiger partial charge on any atom is 0.318 e. The standard InChI is InChI=1S/C10H10FN3O5/c1-5(9(15)13-10(12)16)19-8-4-6(11)2-3-7(8)14(17)18/h2-5H,1H3,(H3,12,13,15,16)/t5-/m0/s1. The van der Waals surface area contributed by atoms with Crippen LogP contribution >= 0.6 is 0 Å². The van der Waals surface area contributed by atoms with E-state index in [4.69, 9.17) is 10.5 Å². The number of imide groups is 1. The molecule has 0 aliphatic heterocycles. The lowest BCUT2D eigenvalue weighted by atomic mass is 10.3. The average Bonchev–Trinajstić information content (AvgIpc) is 2.27. The number of halogens is 1. The van der Waals surface area contributed by atoms with Crippen LogP contribution in [0.15, 0.2) is 18.2 Å². The first-order valence-electron chi connectivity index (χ1n) is 5.02. The van der Waals surface area contributed by atoms with Crippen LogP contribution in [-0.4, -0.2) is 23.0 Å². The van der Waals surface area contributed by atoms with Gasteiger partial charge in [0.2, 0.25) is 5.75 Å². The van der Waals surface area contributed by atoms with Crippen LogP contribution in [0, 0.1) is 15.9 Å². The van der Waals surface area contributed by atoms with Gasteiger partial charge in [-0.2, -0.15) is 0 Å². The second-order valence-corrected chi connectivity index (χ2v) is 3.48. The summed E-state index contributed by atoms with van der Waals surface area (Å²) in [7, 11) is 0. The molecule has 1 rings (SSSR count). The number of ether oxygens (including phenoxy) is 1. The second-order valence-electron chi connectivity index (χ2n) is 3.48. The zero-order valence-electron chi connectivity index (χ0n) is 9.75. The van der Waals surface area contributed by atoms with Gasteiger partial charge in [-0.3, -0.25) is 20.2 Å². The first-order chi connectivity index (χ1) is 8.81. The molecule has 0 saturated carbocycles. The molecule has 0 unspecified atom stereocenters. The molecule has 1 aromatic carbocycles. The van der Waals surface area contributed by atoms with Gasteiger partial charge < -0.3 is 10.5 Å². The lowest BCUT2D eigenvalue weighted by Gasteiger charge is -2.13. The number of carbonyl (C=O) groups excluding carboxylic acids is 2. The summed E-state index contributed by atoms with van der Waals surface area (Å²) in [4.78, 5) is 31.7. The molecule has 3 N–H and O–H groups in total. The van der Waals surface area contributed by atoms with E-state index < -0.39 is 40.2 Å². The van der Waals surface area contributed by atoms with Crippen molar-refractivity contribution in [3.63, 3.8) is 0 Å². The normalized spacial score (nSPS) is 11.5. The molecular formula is C10H10FN3O5. The Morgan fingerprint density at radius 3 is 2.68 bits per heavy atom. The third-order valence-corrected chi connectivity index (χ3v) is 2.04. The summed E-state index contributed by atoms with van der Waals surface area (Å²) in [6.07, 6.45) is -1.26. The number of amides is 3. The van der Waals surface area contributed by atoms with Gasteiger partial charge in [-0.05, 0) is 13.0 Å². The number of hydrogen-bond acceptors (Lipinski definition) is 5. The Hall–Kier alpha value is -2.71. The minimum absolute atomic E-state index is 0.419. The third-order valence-electron chi connectivity index (χ3n) is 2.04. The molecule has 9 heteroatoms. The van der Waals surface area contributed by atoms with Crippen LogP contribution < -0.4 is 15.8 Å². The van der Waals surface area contributed by atoms with Crippen molar-refractivity contribution in [2.45, 2.75) is 13.0 Å². The zero-order chi connectivity index (χ0) is 14.6. The summed E-state index contributed by atoms with van der Waals surface area (Å²) in [6.45, 7) is 1.23. The van der Waals surface area contributed by atoms with Crippen molar-refractivity contribution < 1.29 is 23.6 Å². The zero-order valence-corrected chi connectivity index (χ0v) is 9.75. The molecular weight excluding hydrogens is 261 g/mol. The van der Waals surface area contributed by atoms with Crippen LogP contribution in [0.1, 0.15) is 6.92 Å². The summed E-state index contributed by atoms with van der Waals surface area (Å²) in [5.74, 6) is -2.08. The molecule has 102 valence electrons. The predicted octanol–water partition coefficient (Wildman–Crippen LogP) is 0.696. The van der Waals surface area contributed by atoms with Crippen LogP contribution in [0.5, 0.6) is 5.75 Å². The summed E-state index contributed by atoms with van der Waals surface area (Å²) in [5.41, 5.74) is 4.23. The number of nitrogens with zero attached hydrogens (tertiary/aromatic N) is 1. The van der Waals surface area contributed by atoms with E-state index >= 15 is 0 Å². The van der Waals surface area contributed by atoms with Gasteiger partial charge in [-0.25, -0.2) is 9.18 Å². The van der Waals surface area contributed by atoms with Crippen LogP contribution in [-0.2, 0) is 4.79 Å². The number of carbonyl (C=O) groups is 2. The molecule has 0 radical (unpaired) electrons. The van der Waals surface area contributed by atoms with Crippen LogP contribution in [0.2, 0.25) is 0 Å². The lowest BCUT2D eigenvalue weighted by Crippen LogP contribution is -2.42. The number of nitrogens with one attached hydrogen (secondary N) is 1. The quantitative estimate of drug-likeness (QED) is 0.615. The molecule has 1 aromatic rings. The van der Waals surface area contributed by atoms with E-state index in [9.17, 15) is 24.1 Å². The Morgan fingerprint density at radius 2 is 2.16 bits per heavy atom. The highest BCUT2D eigenvalue weighted by Crippen LogP contribution is 2.28. The van der Waals surface area contributed by atoms with E-state index in [0.717, 1.165) is 18.2 Å². The van der Waals surface area contributed by atoms with E-state index in [-0.39, 0.29) is 0 Å². The molecule has 0 fully saturated rings. The van der Waals surface area contributed by atoms with Crippen molar-refractivity contribution in [3.8, 4) is 5.75 Å². The summed E-state index contributed by atoms with van der Waals surface area (Å²) in [6, 6.07) is 1.48. The SMILES string of the molecule is C[C@H](Oc1cc(F)ccc1[N+](=O)[O-])C(=O)NC(N)=O. The molecule has 3 amide bonds. The number of primary amides is 1. The van der Waals surface area contributed by atoms with Gasteiger partial charge in [0.1, 0.15) is 5.82 Å². The summed E-state index contributed by atoms with van der Waals surface area (Å²) >= 11 is 0. The van der Waals surface area contributed by atoms with Gasteiger partial charge in [-0.15, -0.1) is 0 Å². The Bertz CT molecular complexity index is 534. The van der Waals surface area contributed by atoms with Crippen LogP contribution in [0.25, 0.3) is 0 Å². The van der Waals surface area contributed by atoms with Gasteiger partial charge >= 0.3 is 11.7 Å². The number of hydrogen-bond donors (Lipinski definition) is 2. The Labute approximate surface area is 106 Å². The van der Waals surface area contributed by atoms with Gasteiger partial charge in [0.05, 0.1) is 4.92 Å². The van der Waals surface area contributed by atoms with Crippen molar-refractivity contribution in [1.29, 1.82) is 0 Å². The Balaban J connectivity index is 2.92. The maximum atomic E-state index is 13.0. The Morgan fingerprint density at radius 1 is 1.53 bits per heavy atom. The van der Waals surface area contributed by atoms with Gasteiger partial charge in [0.15, 0.2) is 6.10 Å². The number of benzene rings is 1. The van der Waals surface area contributed by atoms with E-state index in [2.05, 4.69) is 0 Å². The molecule has 0 saturated heterocycles. The smallest absolute Gasteiger partial charge is 0.318 e. The number of nitrogens with two attached hydrogens (primary N) is 1. The third kappa shape index (κ3) is 3.91.